The Kier molecular flexibility index (Phi) is 8.69. The first-order valence-electron chi connectivity index (χ1n) is 11.8. The van der Waals surface area contributed by atoms with E-state index in [9.17, 15) is 13.2 Å². The van der Waals surface area contributed by atoms with Crippen LogP contribution in [0.5, 0.6) is 5.88 Å². The van der Waals surface area contributed by atoms with Crippen molar-refractivity contribution in [2.24, 2.45) is 5.16 Å². The molecule has 1 saturated carbocycles. The highest BCUT2D eigenvalue weighted by Gasteiger charge is 2.36. The average molecular weight is 548 g/mol. The SMILES string of the molecule is CN(C)CCOc1ccc2nc(NC(=O)/C(=N/OCCCO)c3ccc(S(=O)(=O)C4CC4)cc3)sc2n1. The maximum absolute atomic E-state index is 13.2. The van der Waals surface area contributed by atoms with Gasteiger partial charge in [0.1, 0.15) is 23.6 Å². The number of carbonyl (C=O) groups is 1. The molecule has 1 aliphatic carbocycles. The van der Waals surface area contributed by atoms with Crippen LogP contribution in [0.2, 0.25) is 0 Å². The monoisotopic (exact) mass is 547 g/mol. The maximum Gasteiger partial charge on any atom is 0.280 e. The van der Waals surface area contributed by atoms with Gasteiger partial charge in [0.05, 0.1) is 10.1 Å². The molecule has 13 heteroatoms. The summed E-state index contributed by atoms with van der Waals surface area (Å²) in [5.74, 6) is -0.111. The van der Waals surface area contributed by atoms with Crippen LogP contribution in [-0.4, -0.2) is 85.7 Å². The molecule has 2 N–H and O–H groups in total. The van der Waals surface area contributed by atoms with E-state index in [4.69, 9.17) is 14.7 Å². The number of fused-ring (bicyclic) bond motifs is 1. The zero-order valence-electron chi connectivity index (χ0n) is 20.6. The van der Waals surface area contributed by atoms with Gasteiger partial charge in [0, 0.05) is 31.2 Å². The molecule has 0 saturated heterocycles. The fourth-order valence-electron chi connectivity index (χ4n) is 3.26. The Morgan fingerprint density at radius 3 is 2.59 bits per heavy atom. The van der Waals surface area contributed by atoms with Crippen molar-refractivity contribution in [1.82, 2.24) is 14.9 Å². The number of likely N-dealkylation sites (N-methyl/N-ethyl adjacent to an activating group) is 1. The Morgan fingerprint density at radius 2 is 1.92 bits per heavy atom. The first kappa shape index (κ1) is 26.9. The van der Waals surface area contributed by atoms with E-state index in [1.807, 2.05) is 19.0 Å². The number of sulfone groups is 1. The van der Waals surface area contributed by atoms with Gasteiger partial charge in [-0.15, -0.1) is 0 Å². The summed E-state index contributed by atoms with van der Waals surface area (Å²) in [6.07, 6.45) is 1.68. The maximum atomic E-state index is 13.2. The molecule has 0 bridgehead atoms. The summed E-state index contributed by atoms with van der Waals surface area (Å²) >= 11 is 1.19. The number of aliphatic hydroxyl groups is 1. The number of nitrogens with zero attached hydrogens (tertiary/aromatic N) is 4. The van der Waals surface area contributed by atoms with Crippen molar-refractivity contribution < 1.29 is 27.9 Å². The number of amides is 1. The number of pyridine rings is 1. The largest absolute Gasteiger partial charge is 0.476 e. The lowest BCUT2D eigenvalue weighted by Crippen LogP contribution is -2.24. The molecule has 3 aromatic rings. The summed E-state index contributed by atoms with van der Waals surface area (Å²) < 4.78 is 30.7. The molecule has 4 rings (SSSR count). The standard InChI is InChI=1S/C24H29N5O6S2/c1-29(2)12-15-34-20-11-10-19-23(26-20)36-24(25-19)27-22(31)21(28-35-14-3-13-30)16-4-6-17(7-5-16)37(32,33)18-8-9-18/h4-7,10-11,18,30H,3,8-9,12-15H2,1-2H3,(H,25,27,31)/b28-21+. The van der Waals surface area contributed by atoms with Crippen molar-refractivity contribution in [1.29, 1.82) is 0 Å². The molecule has 0 unspecified atom stereocenters. The Labute approximate surface area is 219 Å². The third kappa shape index (κ3) is 7.01. The van der Waals surface area contributed by atoms with Crippen LogP contribution in [0.1, 0.15) is 24.8 Å². The summed E-state index contributed by atoms with van der Waals surface area (Å²) in [6.45, 7) is 1.28. The Bertz CT molecular complexity index is 1370. The van der Waals surface area contributed by atoms with Gasteiger partial charge >= 0.3 is 0 Å². The summed E-state index contributed by atoms with van der Waals surface area (Å²) in [6, 6.07) is 9.49. The van der Waals surface area contributed by atoms with Gasteiger partial charge in [-0.3, -0.25) is 10.1 Å². The first-order valence-corrected chi connectivity index (χ1v) is 14.2. The fourth-order valence-corrected chi connectivity index (χ4v) is 5.74. The van der Waals surface area contributed by atoms with Gasteiger partial charge in [-0.25, -0.2) is 18.4 Å². The smallest absolute Gasteiger partial charge is 0.280 e. The topological polar surface area (TPSA) is 143 Å². The van der Waals surface area contributed by atoms with Crippen molar-refractivity contribution in [3.05, 3.63) is 42.0 Å². The molecular formula is C24H29N5O6S2. The molecule has 0 radical (unpaired) electrons. The number of anilines is 1. The number of benzene rings is 1. The normalized spacial score (nSPS) is 14.2. The van der Waals surface area contributed by atoms with Gasteiger partial charge in [0.2, 0.25) is 5.88 Å². The quantitative estimate of drug-likeness (QED) is 0.187. The number of carbonyl (C=O) groups excluding carboxylic acids is 1. The van der Waals surface area contributed by atoms with Crippen molar-refractivity contribution in [2.45, 2.75) is 29.4 Å². The number of hydrogen-bond acceptors (Lipinski definition) is 11. The van der Waals surface area contributed by atoms with Crippen LogP contribution < -0.4 is 10.1 Å². The van der Waals surface area contributed by atoms with E-state index in [0.29, 0.717) is 52.8 Å². The lowest BCUT2D eigenvalue weighted by atomic mass is 10.1. The molecule has 0 spiro atoms. The minimum absolute atomic E-state index is 0.0479. The van der Waals surface area contributed by atoms with Gasteiger partial charge in [-0.05, 0) is 45.1 Å². The first-order chi connectivity index (χ1) is 17.8. The number of nitrogens with one attached hydrogen (secondary N) is 1. The molecule has 1 aromatic carbocycles. The van der Waals surface area contributed by atoms with Crippen LogP contribution in [0.3, 0.4) is 0 Å². The Balaban J connectivity index is 1.51. The third-order valence-electron chi connectivity index (χ3n) is 5.42. The lowest BCUT2D eigenvalue weighted by Gasteiger charge is -2.09. The van der Waals surface area contributed by atoms with E-state index in [2.05, 4.69) is 20.4 Å². The second kappa shape index (κ2) is 11.9. The second-order valence-corrected chi connectivity index (χ2v) is 11.9. The predicted molar refractivity (Wildman–Crippen MR) is 141 cm³/mol. The summed E-state index contributed by atoms with van der Waals surface area (Å²) in [5.41, 5.74) is 0.938. The number of rotatable bonds is 13. The molecule has 2 aromatic heterocycles. The van der Waals surface area contributed by atoms with Crippen molar-refractivity contribution in [3.8, 4) is 5.88 Å². The van der Waals surface area contributed by atoms with Gasteiger partial charge in [-0.2, -0.15) is 0 Å². The number of aliphatic hydroxyl groups excluding tert-OH is 1. The number of hydrogen-bond donors (Lipinski definition) is 2. The lowest BCUT2D eigenvalue weighted by molar-refractivity contribution is -0.110. The Hall–Kier alpha value is -3.13. The Morgan fingerprint density at radius 1 is 1.16 bits per heavy atom. The number of aromatic nitrogens is 2. The minimum Gasteiger partial charge on any atom is -0.476 e. The summed E-state index contributed by atoms with van der Waals surface area (Å²) in [4.78, 5) is 30.1. The summed E-state index contributed by atoms with van der Waals surface area (Å²) in [5, 5.41) is 15.7. The molecule has 0 atom stereocenters. The molecule has 1 aliphatic rings. The molecule has 1 amide bonds. The van der Waals surface area contributed by atoms with Gasteiger partial charge in [0.15, 0.2) is 20.7 Å². The van der Waals surface area contributed by atoms with Crippen LogP contribution in [0.4, 0.5) is 5.13 Å². The van der Waals surface area contributed by atoms with E-state index >= 15 is 0 Å². The predicted octanol–water partition coefficient (Wildman–Crippen LogP) is 2.31. The van der Waals surface area contributed by atoms with E-state index in [1.165, 1.54) is 35.6 Å². The van der Waals surface area contributed by atoms with Gasteiger partial charge < -0.3 is 19.6 Å². The zero-order valence-corrected chi connectivity index (χ0v) is 22.2. The van der Waals surface area contributed by atoms with Gasteiger partial charge in [0.25, 0.3) is 5.91 Å². The van der Waals surface area contributed by atoms with E-state index in [-0.39, 0.29) is 29.1 Å². The highest BCUT2D eigenvalue weighted by molar-refractivity contribution is 7.92. The fraction of sp³-hybridized carbons (Fsp3) is 0.417. The van der Waals surface area contributed by atoms with E-state index in [1.54, 1.807) is 12.1 Å². The molecule has 0 aliphatic heterocycles. The number of oxime groups is 1. The molecule has 2 heterocycles. The second-order valence-electron chi connectivity index (χ2n) is 8.72. The molecule has 11 nitrogen and oxygen atoms in total. The van der Waals surface area contributed by atoms with Crippen LogP contribution in [0.15, 0.2) is 46.4 Å². The van der Waals surface area contributed by atoms with Crippen LogP contribution >= 0.6 is 11.3 Å². The van der Waals surface area contributed by atoms with Crippen molar-refractivity contribution in [3.63, 3.8) is 0 Å². The van der Waals surface area contributed by atoms with Gasteiger partial charge in [-0.1, -0.05) is 28.6 Å². The summed E-state index contributed by atoms with van der Waals surface area (Å²) in [7, 11) is 0.555. The van der Waals surface area contributed by atoms with Crippen molar-refractivity contribution >= 4 is 48.3 Å². The molecule has 37 heavy (non-hydrogen) atoms. The highest BCUT2D eigenvalue weighted by Crippen LogP contribution is 2.33. The van der Waals surface area contributed by atoms with Crippen LogP contribution in [0, 0.1) is 0 Å². The van der Waals surface area contributed by atoms with E-state index in [0.717, 1.165) is 6.54 Å². The van der Waals surface area contributed by atoms with E-state index < -0.39 is 15.7 Å². The van der Waals surface area contributed by atoms with Crippen molar-refractivity contribution in [2.75, 3.05) is 45.8 Å². The zero-order chi connectivity index (χ0) is 26.4. The number of ether oxygens (including phenoxy) is 1. The molecule has 1 fully saturated rings. The molecule has 198 valence electrons. The number of thiazole rings is 1. The highest BCUT2D eigenvalue weighted by atomic mass is 32.2. The minimum atomic E-state index is -3.36. The average Bonchev–Trinajstić information content (AvgIpc) is 3.65. The molecular weight excluding hydrogens is 518 g/mol. The van der Waals surface area contributed by atoms with Crippen LogP contribution in [0.25, 0.3) is 10.3 Å². The third-order valence-corrected chi connectivity index (χ3v) is 8.58. The van der Waals surface area contributed by atoms with Crippen LogP contribution in [-0.2, 0) is 19.5 Å².